The van der Waals surface area contributed by atoms with Crippen molar-refractivity contribution >= 4 is 28.3 Å². The first kappa shape index (κ1) is 44.0. The van der Waals surface area contributed by atoms with Crippen molar-refractivity contribution in [1.82, 2.24) is 5.32 Å². The van der Waals surface area contributed by atoms with Gasteiger partial charge in [0.25, 0.3) is 0 Å². The van der Waals surface area contributed by atoms with Crippen LogP contribution in [0.25, 0.3) is 0 Å². The van der Waals surface area contributed by atoms with E-state index in [1.54, 1.807) is 0 Å². The molecule has 1 N–H and O–H groups in total. The maximum absolute atomic E-state index is 5.53. The monoisotopic (exact) mass is 661 g/mol. The van der Waals surface area contributed by atoms with Crippen molar-refractivity contribution < 1.29 is 19.5 Å². The maximum Gasteiger partial charge on any atom is 0.133 e. The Hall–Kier alpha value is 0.863. The molecule has 0 unspecified atom stereocenters. The van der Waals surface area contributed by atoms with Gasteiger partial charge in [-0.2, -0.15) is 0 Å². The molecule has 41 heavy (non-hydrogen) atoms. The summed E-state index contributed by atoms with van der Waals surface area (Å²) in [6.45, 7) is 5.68. The van der Waals surface area contributed by atoms with E-state index < -0.39 is 0 Å². The van der Waals surface area contributed by atoms with Gasteiger partial charge in [-0.15, -0.1) is 0 Å². The molecule has 0 spiro atoms. The van der Waals surface area contributed by atoms with Gasteiger partial charge in [0, 0.05) is 31.8 Å². The molecule has 0 aromatic rings. The fourth-order valence-electron chi connectivity index (χ4n) is 5.73. The van der Waals surface area contributed by atoms with Crippen LogP contribution in [0.3, 0.4) is 0 Å². The van der Waals surface area contributed by atoms with Gasteiger partial charge < -0.3 is 5.32 Å². The predicted octanol–water partition coefficient (Wildman–Crippen LogP) is 14.1. The summed E-state index contributed by atoms with van der Waals surface area (Å²) < 4.78 is 1.03. The van der Waals surface area contributed by atoms with Crippen molar-refractivity contribution in [1.29, 1.82) is 0 Å². The van der Waals surface area contributed by atoms with Gasteiger partial charge in [-0.3, -0.25) is 0 Å². The van der Waals surface area contributed by atoms with Crippen molar-refractivity contribution in [2.24, 2.45) is 0 Å². The second-order valence-corrected chi connectivity index (χ2v) is 14.4. The van der Waals surface area contributed by atoms with Gasteiger partial charge in [0.05, 0.1) is 0 Å². The minimum atomic E-state index is 0. The smallest absolute Gasteiger partial charge is 0.133 e. The summed E-state index contributed by atoms with van der Waals surface area (Å²) in [6.07, 6.45) is 45.9. The Bertz CT molecular complexity index is 434. The number of hydrogen-bond donors (Lipinski definition) is 1. The molecule has 0 amide bonds. The average molecular weight is 664 g/mol. The average Bonchev–Trinajstić information content (AvgIpc) is 2.96. The first-order valence-electron chi connectivity index (χ1n) is 18.7. The molecule has 4 heteroatoms. The molecule has 0 saturated heterocycles. The molecule has 242 valence electrons. The summed E-state index contributed by atoms with van der Waals surface area (Å²) >= 11 is 7.40. The van der Waals surface area contributed by atoms with Crippen LogP contribution in [0, 0.1) is 0 Å². The van der Waals surface area contributed by atoms with E-state index in [1.807, 2.05) is 11.8 Å². The molecular formula is C37H75NS2Zn. The van der Waals surface area contributed by atoms with E-state index in [4.69, 9.17) is 12.2 Å². The number of hydrogen-bond acceptors (Lipinski definition) is 2. The Kier molecular flexibility index (Phi) is 43.8. The molecule has 0 aliphatic carbocycles. The van der Waals surface area contributed by atoms with Crippen LogP contribution in [0.5, 0.6) is 0 Å². The van der Waals surface area contributed by atoms with E-state index >= 15 is 0 Å². The van der Waals surface area contributed by atoms with Crippen molar-refractivity contribution in [3.8, 4) is 0 Å². The largest absolute Gasteiger partial charge is 0.371 e. The molecule has 0 bridgehead atoms. The van der Waals surface area contributed by atoms with Gasteiger partial charge in [-0.1, -0.05) is 230 Å². The van der Waals surface area contributed by atoms with Gasteiger partial charge >= 0.3 is 0 Å². The Morgan fingerprint density at radius 3 is 0.927 bits per heavy atom. The molecule has 0 heterocycles. The van der Waals surface area contributed by atoms with Gasteiger partial charge in [0.2, 0.25) is 0 Å². The fourth-order valence-corrected chi connectivity index (χ4v) is 6.82. The van der Waals surface area contributed by atoms with Crippen LogP contribution in [0.2, 0.25) is 0 Å². The van der Waals surface area contributed by atoms with E-state index in [-0.39, 0.29) is 19.5 Å². The van der Waals surface area contributed by atoms with E-state index in [1.165, 1.54) is 211 Å². The van der Waals surface area contributed by atoms with E-state index in [9.17, 15) is 0 Å². The summed E-state index contributed by atoms with van der Waals surface area (Å²) in [5.41, 5.74) is 0. The molecule has 0 aromatic carbocycles. The maximum atomic E-state index is 5.53. The number of nitrogens with one attached hydrogen (secondary N) is 1. The van der Waals surface area contributed by atoms with Crippen LogP contribution >= 0.6 is 24.0 Å². The molecule has 0 atom stereocenters. The zero-order valence-corrected chi connectivity index (χ0v) is 33.2. The molecular weight excluding hydrogens is 588 g/mol. The minimum absolute atomic E-state index is 0. The topological polar surface area (TPSA) is 12.0 Å². The second kappa shape index (κ2) is 40.9. The van der Waals surface area contributed by atoms with E-state index in [0.717, 1.165) is 10.9 Å². The van der Waals surface area contributed by atoms with Crippen molar-refractivity contribution in [3.63, 3.8) is 0 Å². The molecule has 0 radical (unpaired) electrons. The van der Waals surface area contributed by atoms with E-state index in [2.05, 4.69) is 19.2 Å². The molecule has 0 rings (SSSR count). The normalized spacial score (nSPS) is 11.1. The van der Waals surface area contributed by atoms with Crippen LogP contribution < -0.4 is 5.32 Å². The SMILES string of the molecule is CCCCCCCCCCCCCCCCCCNC(=S)SCCCCCCCCCCCCCCCCCC.[Zn]. The van der Waals surface area contributed by atoms with Gasteiger partial charge in [0.1, 0.15) is 4.32 Å². The minimum Gasteiger partial charge on any atom is -0.371 e. The number of thioether (sulfide) groups is 1. The summed E-state index contributed by atoms with van der Waals surface area (Å²) in [4.78, 5) is 0. The summed E-state index contributed by atoms with van der Waals surface area (Å²) in [5, 5.41) is 3.48. The van der Waals surface area contributed by atoms with Crippen molar-refractivity contribution in [2.45, 2.75) is 219 Å². The Labute approximate surface area is 283 Å². The third kappa shape index (κ3) is 40.9. The van der Waals surface area contributed by atoms with Crippen molar-refractivity contribution in [3.05, 3.63) is 0 Å². The zero-order valence-electron chi connectivity index (χ0n) is 28.6. The van der Waals surface area contributed by atoms with Crippen LogP contribution in [0.15, 0.2) is 0 Å². The standard InChI is InChI=1S/C37H75NS2.Zn/c1-3-5-7-9-11-13-15-17-19-21-23-25-27-29-31-33-35-38-37(39)40-36-34-32-30-28-26-24-22-20-18-16-14-12-10-8-6-4-2;/h3-36H2,1-2H3,(H,38,39);. The molecule has 1 nitrogen and oxygen atoms in total. The van der Waals surface area contributed by atoms with E-state index in [0.29, 0.717) is 0 Å². The Morgan fingerprint density at radius 1 is 0.390 bits per heavy atom. The molecule has 0 fully saturated rings. The number of thiocarbonyl (C=S) groups is 1. The van der Waals surface area contributed by atoms with Gasteiger partial charge in [0.15, 0.2) is 0 Å². The van der Waals surface area contributed by atoms with Crippen LogP contribution in [0.4, 0.5) is 0 Å². The third-order valence-electron chi connectivity index (χ3n) is 8.53. The molecule has 0 aliphatic rings. The number of rotatable bonds is 34. The first-order valence-corrected chi connectivity index (χ1v) is 20.1. The summed E-state index contributed by atoms with van der Waals surface area (Å²) in [7, 11) is 0. The Morgan fingerprint density at radius 2 is 0.634 bits per heavy atom. The quantitative estimate of drug-likeness (QED) is 0.0418. The van der Waals surface area contributed by atoms with Gasteiger partial charge in [-0.05, 0) is 12.8 Å². The van der Waals surface area contributed by atoms with Gasteiger partial charge in [-0.25, -0.2) is 0 Å². The zero-order chi connectivity index (χ0) is 29.0. The van der Waals surface area contributed by atoms with Crippen molar-refractivity contribution in [2.75, 3.05) is 12.3 Å². The molecule has 0 saturated carbocycles. The summed E-state index contributed by atoms with van der Waals surface area (Å²) in [5.74, 6) is 1.20. The molecule has 0 aromatic heterocycles. The third-order valence-corrected chi connectivity index (χ3v) is 9.93. The Balaban J connectivity index is 0. The molecule has 0 aliphatic heterocycles. The van der Waals surface area contributed by atoms with Crippen LogP contribution in [-0.4, -0.2) is 16.6 Å². The van der Waals surface area contributed by atoms with Crippen LogP contribution in [-0.2, 0) is 19.5 Å². The fraction of sp³-hybridized carbons (Fsp3) is 0.973. The first-order chi connectivity index (χ1) is 19.8. The number of unbranched alkanes of at least 4 members (excludes halogenated alkanes) is 30. The predicted molar refractivity (Wildman–Crippen MR) is 192 cm³/mol. The summed E-state index contributed by atoms with van der Waals surface area (Å²) in [6, 6.07) is 0. The second-order valence-electron chi connectivity index (χ2n) is 12.7. The van der Waals surface area contributed by atoms with Crippen LogP contribution in [0.1, 0.15) is 219 Å².